The van der Waals surface area contributed by atoms with Gasteiger partial charge in [0, 0.05) is 0 Å². The lowest BCUT2D eigenvalue weighted by Crippen LogP contribution is -2.29. The van der Waals surface area contributed by atoms with Gasteiger partial charge in [-0.15, -0.1) is 0 Å². The fourth-order valence-electron chi connectivity index (χ4n) is 3.07. The van der Waals surface area contributed by atoms with Crippen molar-refractivity contribution < 1.29 is 8.42 Å². The van der Waals surface area contributed by atoms with Gasteiger partial charge < -0.3 is 0 Å². The van der Waals surface area contributed by atoms with Gasteiger partial charge in [0.05, 0.1) is 22.1 Å². The molecule has 2 rings (SSSR count). The van der Waals surface area contributed by atoms with Crippen LogP contribution in [0.3, 0.4) is 0 Å². The third-order valence-electron chi connectivity index (χ3n) is 4.15. The fourth-order valence-corrected chi connectivity index (χ4v) is 5.27. The predicted molar refractivity (Wildman–Crippen MR) is 79.1 cm³/mol. The number of nitriles is 1. The molecule has 0 N–H and O–H groups in total. The van der Waals surface area contributed by atoms with Gasteiger partial charge in [0.2, 0.25) is 0 Å². The van der Waals surface area contributed by atoms with Gasteiger partial charge in [-0.2, -0.15) is 5.26 Å². The second-order valence-corrected chi connectivity index (χ2v) is 7.86. The molecule has 4 heteroatoms. The second kappa shape index (κ2) is 5.97. The van der Waals surface area contributed by atoms with Gasteiger partial charge in [-0.3, -0.25) is 0 Å². The van der Waals surface area contributed by atoms with Crippen molar-refractivity contribution in [3.8, 4) is 6.07 Å². The van der Waals surface area contributed by atoms with Crippen molar-refractivity contribution >= 4 is 9.84 Å². The Bertz CT molecular complexity index is 628. The number of hydrogen-bond donors (Lipinski definition) is 0. The van der Waals surface area contributed by atoms with Gasteiger partial charge in [0.25, 0.3) is 0 Å². The number of hydrogen-bond acceptors (Lipinski definition) is 3. The minimum absolute atomic E-state index is 0.372. The maximum absolute atomic E-state index is 12.9. The maximum atomic E-state index is 12.9. The van der Waals surface area contributed by atoms with E-state index in [9.17, 15) is 13.7 Å². The summed E-state index contributed by atoms with van der Waals surface area (Å²) in [6.07, 6.45) is 4.18. The summed E-state index contributed by atoms with van der Waals surface area (Å²) >= 11 is 0. The van der Waals surface area contributed by atoms with Crippen molar-refractivity contribution in [2.24, 2.45) is 5.92 Å². The first-order chi connectivity index (χ1) is 9.46. The molecule has 1 aliphatic carbocycles. The van der Waals surface area contributed by atoms with Gasteiger partial charge in [-0.05, 0) is 38.3 Å². The summed E-state index contributed by atoms with van der Waals surface area (Å²) < 4.78 is 25.8. The molecule has 0 aromatic heterocycles. The first-order valence-electron chi connectivity index (χ1n) is 7.17. The molecule has 108 valence electrons. The predicted octanol–water partition coefficient (Wildman–Crippen LogP) is 3.55. The first kappa shape index (κ1) is 15.1. The van der Waals surface area contributed by atoms with Crippen molar-refractivity contribution in [1.82, 2.24) is 0 Å². The molecule has 1 aromatic carbocycles. The van der Waals surface area contributed by atoms with Gasteiger partial charge in [-0.1, -0.05) is 37.0 Å². The third-order valence-corrected chi connectivity index (χ3v) is 6.59. The zero-order valence-electron chi connectivity index (χ0n) is 12.1. The molecule has 2 unspecified atom stereocenters. The van der Waals surface area contributed by atoms with Crippen LogP contribution in [0.25, 0.3) is 0 Å². The van der Waals surface area contributed by atoms with Crippen molar-refractivity contribution in [3.05, 3.63) is 29.3 Å². The molecule has 3 nitrogen and oxygen atoms in total. The first-order valence-corrected chi connectivity index (χ1v) is 8.72. The van der Waals surface area contributed by atoms with Crippen LogP contribution in [0, 0.1) is 31.1 Å². The van der Waals surface area contributed by atoms with Gasteiger partial charge in [0.15, 0.2) is 9.84 Å². The van der Waals surface area contributed by atoms with Gasteiger partial charge in [-0.25, -0.2) is 8.42 Å². The lowest BCUT2D eigenvalue weighted by molar-refractivity contribution is 0.523. The Labute approximate surface area is 121 Å². The van der Waals surface area contributed by atoms with Crippen LogP contribution in [0.1, 0.15) is 43.2 Å². The Balaban J connectivity index is 2.44. The van der Waals surface area contributed by atoms with E-state index in [1.807, 2.05) is 26.0 Å². The van der Waals surface area contributed by atoms with Crippen molar-refractivity contribution in [2.45, 2.75) is 56.1 Å². The van der Waals surface area contributed by atoms with Crippen LogP contribution in [0.15, 0.2) is 23.1 Å². The minimum Gasteiger partial charge on any atom is -0.223 e. The summed E-state index contributed by atoms with van der Waals surface area (Å²) in [7, 11) is -3.42. The molecule has 0 spiro atoms. The molecule has 0 heterocycles. The molecule has 0 radical (unpaired) electrons. The van der Waals surface area contributed by atoms with E-state index in [-0.39, 0.29) is 5.92 Å². The van der Waals surface area contributed by atoms with Crippen LogP contribution < -0.4 is 0 Å². The zero-order valence-corrected chi connectivity index (χ0v) is 12.9. The van der Waals surface area contributed by atoms with Gasteiger partial charge in [0.1, 0.15) is 0 Å². The molecule has 20 heavy (non-hydrogen) atoms. The smallest absolute Gasteiger partial charge is 0.182 e. The van der Waals surface area contributed by atoms with E-state index in [0.29, 0.717) is 17.7 Å². The zero-order chi connectivity index (χ0) is 14.8. The van der Waals surface area contributed by atoms with Crippen molar-refractivity contribution in [3.63, 3.8) is 0 Å². The molecule has 0 bridgehead atoms. The highest BCUT2D eigenvalue weighted by Crippen LogP contribution is 2.33. The van der Waals surface area contributed by atoms with Crippen molar-refractivity contribution in [2.75, 3.05) is 0 Å². The highest BCUT2D eigenvalue weighted by atomic mass is 32.2. The average molecular weight is 291 g/mol. The van der Waals surface area contributed by atoms with E-state index >= 15 is 0 Å². The molecule has 1 aromatic rings. The summed E-state index contributed by atoms with van der Waals surface area (Å²) in [6, 6.07) is 7.64. The number of benzene rings is 1. The standard InChI is InChI=1S/C16H21NO2S/c1-12-8-9-15(13(2)10-12)20(18,19)16-7-5-3-4-6-14(16)11-17/h8-10,14,16H,3-7H2,1-2H3. The molecule has 1 fully saturated rings. The lowest BCUT2D eigenvalue weighted by atomic mass is 10.0. The molecule has 2 atom stereocenters. The highest BCUT2D eigenvalue weighted by molar-refractivity contribution is 7.92. The fraction of sp³-hybridized carbons (Fsp3) is 0.562. The largest absolute Gasteiger partial charge is 0.223 e. The summed E-state index contributed by atoms with van der Waals surface area (Å²) in [5.41, 5.74) is 1.84. The number of nitrogens with zero attached hydrogens (tertiary/aromatic N) is 1. The molecule has 0 aliphatic heterocycles. The summed E-state index contributed by atoms with van der Waals surface area (Å²) in [4.78, 5) is 0.398. The van der Waals surface area contributed by atoms with E-state index in [4.69, 9.17) is 0 Å². The van der Waals surface area contributed by atoms with Crippen LogP contribution in [0.4, 0.5) is 0 Å². The maximum Gasteiger partial charge on any atom is 0.182 e. The third kappa shape index (κ3) is 2.88. The van der Waals surface area contributed by atoms with Crippen molar-refractivity contribution in [1.29, 1.82) is 5.26 Å². The average Bonchev–Trinajstić information content (AvgIpc) is 2.63. The normalized spacial score (nSPS) is 23.9. The molecule has 1 aliphatic rings. The molecule has 1 saturated carbocycles. The Morgan fingerprint density at radius 1 is 1.15 bits per heavy atom. The molecule has 0 saturated heterocycles. The molecular formula is C16H21NO2S. The quantitative estimate of drug-likeness (QED) is 0.783. The number of sulfone groups is 1. The van der Waals surface area contributed by atoms with E-state index in [0.717, 1.165) is 30.4 Å². The van der Waals surface area contributed by atoms with Crippen LogP contribution in [-0.4, -0.2) is 13.7 Å². The Hall–Kier alpha value is -1.34. The van der Waals surface area contributed by atoms with Gasteiger partial charge >= 0.3 is 0 Å². The van der Waals surface area contributed by atoms with E-state index in [1.54, 1.807) is 6.07 Å². The second-order valence-electron chi connectivity index (χ2n) is 5.73. The topological polar surface area (TPSA) is 57.9 Å². The van der Waals surface area contributed by atoms with Crippen LogP contribution in [-0.2, 0) is 9.84 Å². The monoisotopic (exact) mass is 291 g/mol. The summed E-state index contributed by atoms with van der Waals surface area (Å²) in [5.74, 6) is -0.372. The van der Waals surface area contributed by atoms with E-state index in [1.165, 1.54) is 0 Å². The van der Waals surface area contributed by atoms with E-state index in [2.05, 4.69) is 6.07 Å². The number of rotatable bonds is 2. The van der Waals surface area contributed by atoms with Crippen LogP contribution in [0.5, 0.6) is 0 Å². The minimum atomic E-state index is -3.42. The van der Waals surface area contributed by atoms with Crippen LogP contribution in [0.2, 0.25) is 0 Å². The SMILES string of the molecule is Cc1ccc(S(=O)(=O)C2CCCCCC2C#N)c(C)c1. The van der Waals surface area contributed by atoms with E-state index < -0.39 is 15.1 Å². The molecular weight excluding hydrogens is 270 g/mol. The Morgan fingerprint density at radius 3 is 2.50 bits per heavy atom. The summed E-state index contributed by atoms with van der Waals surface area (Å²) in [5, 5.41) is 8.75. The Kier molecular flexibility index (Phi) is 4.49. The summed E-state index contributed by atoms with van der Waals surface area (Å²) in [6.45, 7) is 3.78. The lowest BCUT2D eigenvalue weighted by Gasteiger charge is -2.21. The molecule has 0 amide bonds. The Morgan fingerprint density at radius 2 is 1.85 bits per heavy atom. The highest BCUT2D eigenvalue weighted by Gasteiger charge is 2.36. The number of aryl methyl sites for hydroxylation is 2. The van der Waals surface area contributed by atoms with Crippen LogP contribution >= 0.6 is 0 Å².